The Hall–Kier alpha value is 0.350. The zero-order valence-electron chi connectivity index (χ0n) is 7.58. The first-order valence-corrected chi connectivity index (χ1v) is 3.90. The SMILES string of the molecule is CC1=C(C)C(C)C(C)=C1C.[InH3]. The standard InChI is InChI=1S/C10H16.In.3H/c1-6-7(2)9(4)10(5)8(6)3;;;;/h6H,1-5H3;;;;. The molecule has 0 heterocycles. The minimum absolute atomic E-state index is 0. The zero-order valence-corrected chi connectivity index (χ0v) is 7.58. The summed E-state index contributed by atoms with van der Waals surface area (Å²) in [5.74, 6) is 0.694. The number of hydrogen-bond acceptors (Lipinski definition) is 0. The molecule has 0 saturated carbocycles. The van der Waals surface area contributed by atoms with Crippen LogP contribution in [0.3, 0.4) is 0 Å². The Bertz CT molecular complexity index is 197. The first-order chi connectivity index (χ1) is 4.55. The third-order valence-corrected chi connectivity index (χ3v) is 3.04. The van der Waals surface area contributed by atoms with E-state index in [1.807, 2.05) is 0 Å². The van der Waals surface area contributed by atoms with Crippen molar-refractivity contribution in [1.82, 2.24) is 0 Å². The van der Waals surface area contributed by atoms with E-state index < -0.39 is 0 Å². The summed E-state index contributed by atoms with van der Waals surface area (Å²) in [6, 6.07) is 0. The second-order valence-electron chi connectivity index (χ2n) is 3.34. The van der Waals surface area contributed by atoms with Gasteiger partial charge in [-0.3, -0.25) is 0 Å². The Morgan fingerprint density at radius 2 is 1.09 bits per heavy atom. The molecule has 0 amide bonds. The van der Waals surface area contributed by atoms with Crippen LogP contribution in [0.5, 0.6) is 0 Å². The first kappa shape index (κ1) is 11.4. The van der Waals surface area contributed by atoms with Crippen LogP contribution in [0, 0.1) is 5.92 Å². The average Bonchev–Trinajstić information content (AvgIpc) is 2.07. The van der Waals surface area contributed by atoms with E-state index in [4.69, 9.17) is 0 Å². The molecular formula is C10H19In. The summed E-state index contributed by atoms with van der Waals surface area (Å²) in [5, 5.41) is 0. The Labute approximate surface area is 88.5 Å². The molecule has 0 aliphatic heterocycles. The summed E-state index contributed by atoms with van der Waals surface area (Å²) in [6.07, 6.45) is 0. The van der Waals surface area contributed by atoms with Gasteiger partial charge in [0.15, 0.2) is 0 Å². The molecule has 62 valence electrons. The van der Waals surface area contributed by atoms with Crippen LogP contribution in [-0.4, -0.2) is 25.8 Å². The van der Waals surface area contributed by atoms with Gasteiger partial charge in [-0.1, -0.05) is 18.1 Å². The van der Waals surface area contributed by atoms with Gasteiger partial charge in [-0.25, -0.2) is 0 Å². The minimum atomic E-state index is 0. The van der Waals surface area contributed by atoms with Crippen molar-refractivity contribution >= 4 is 25.8 Å². The van der Waals surface area contributed by atoms with Crippen LogP contribution in [-0.2, 0) is 0 Å². The summed E-state index contributed by atoms with van der Waals surface area (Å²) >= 11 is 0. The molecule has 0 N–H and O–H groups in total. The molecule has 1 heteroatoms. The van der Waals surface area contributed by atoms with Crippen molar-refractivity contribution in [1.29, 1.82) is 0 Å². The first-order valence-electron chi connectivity index (χ1n) is 3.90. The molecule has 0 nitrogen and oxygen atoms in total. The van der Waals surface area contributed by atoms with E-state index in [-0.39, 0.29) is 25.8 Å². The van der Waals surface area contributed by atoms with Crippen molar-refractivity contribution in [2.45, 2.75) is 34.6 Å². The van der Waals surface area contributed by atoms with Gasteiger partial charge < -0.3 is 0 Å². The van der Waals surface area contributed by atoms with Crippen molar-refractivity contribution in [3.8, 4) is 0 Å². The van der Waals surface area contributed by atoms with Gasteiger partial charge in [-0.15, -0.1) is 0 Å². The van der Waals surface area contributed by atoms with E-state index >= 15 is 0 Å². The van der Waals surface area contributed by atoms with Gasteiger partial charge in [0, 0.05) is 0 Å². The number of rotatable bonds is 0. The normalized spacial score (nSPS) is 19.4. The van der Waals surface area contributed by atoms with E-state index in [9.17, 15) is 0 Å². The predicted octanol–water partition coefficient (Wildman–Crippen LogP) is 2.13. The maximum absolute atomic E-state index is 2.28. The fraction of sp³-hybridized carbons (Fsp3) is 0.600. The molecule has 1 aliphatic rings. The quantitative estimate of drug-likeness (QED) is 0.621. The van der Waals surface area contributed by atoms with Crippen molar-refractivity contribution in [2.24, 2.45) is 5.92 Å². The van der Waals surface area contributed by atoms with Crippen LogP contribution in [0.25, 0.3) is 0 Å². The Morgan fingerprint density at radius 3 is 1.18 bits per heavy atom. The van der Waals surface area contributed by atoms with Crippen LogP contribution >= 0.6 is 0 Å². The third kappa shape index (κ3) is 1.74. The molecule has 0 aromatic carbocycles. The summed E-state index contributed by atoms with van der Waals surface area (Å²) in [6.45, 7) is 11.2. The number of hydrogen-bond donors (Lipinski definition) is 0. The van der Waals surface area contributed by atoms with Crippen LogP contribution in [0.15, 0.2) is 22.3 Å². The van der Waals surface area contributed by atoms with Crippen LogP contribution in [0.2, 0.25) is 0 Å². The molecule has 1 rings (SSSR count). The Balaban J connectivity index is 0.000001000. The van der Waals surface area contributed by atoms with Gasteiger partial charge in [0.2, 0.25) is 0 Å². The molecule has 0 fully saturated rings. The predicted molar refractivity (Wildman–Crippen MR) is 55.9 cm³/mol. The van der Waals surface area contributed by atoms with Crippen molar-refractivity contribution < 1.29 is 0 Å². The average molecular weight is 254 g/mol. The molecule has 0 aromatic rings. The zero-order chi connectivity index (χ0) is 7.89. The molecule has 0 unspecified atom stereocenters. The topological polar surface area (TPSA) is 0 Å². The Kier molecular flexibility index (Phi) is 3.96. The molecule has 0 atom stereocenters. The summed E-state index contributed by atoms with van der Waals surface area (Å²) in [7, 11) is 0. The maximum atomic E-state index is 2.28. The van der Waals surface area contributed by atoms with E-state index in [1.54, 1.807) is 11.1 Å². The van der Waals surface area contributed by atoms with Gasteiger partial charge >= 0.3 is 25.8 Å². The Morgan fingerprint density at radius 1 is 0.818 bits per heavy atom. The van der Waals surface area contributed by atoms with Crippen LogP contribution in [0.4, 0.5) is 0 Å². The van der Waals surface area contributed by atoms with Gasteiger partial charge in [-0.2, -0.15) is 0 Å². The van der Waals surface area contributed by atoms with E-state index in [1.165, 1.54) is 11.1 Å². The van der Waals surface area contributed by atoms with E-state index in [0.29, 0.717) is 5.92 Å². The fourth-order valence-corrected chi connectivity index (χ4v) is 1.57. The van der Waals surface area contributed by atoms with Gasteiger partial charge in [-0.05, 0) is 44.8 Å². The molecule has 1 aliphatic carbocycles. The van der Waals surface area contributed by atoms with Crippen molar-refractivity contribution in [2.75, 3.05) is 0 Å². The van der Waals surface area contributed by atoms with Crippen LogP contribution < -0.4 is 0 Å². The van der Waals surface area contributed by atoms with Crippen molar-refractivity contribution in [3.05, 3.63) is 22.3 Å². The monoisotopic (exact) mass is 254 g/mol. The summed E-state index contributed by atoms with van der Waals surface area (Å²) in [4.78, 5) is 0. The van der Waals surface area contributed by atoms with Crippen molar-refractivity contribution in [3.63, 3.8) is 0 Å². The summed E-state index contributed by atoms with van der Waals surface area (Å²) in [5.41, 5.74) is 6.11. The molecular weight excluding hydrogens is 235 g/mol. The van der Waals surface area contributed by atoms with Gasteiger partial charge in [0.25, 0.3) is 0 Å². The van der Waals surface area contributed by atoms with E-state index in [2.05, 4.69) is 34.6 Å². The molecule has 0 saturated heterocycles. The molecule has 0 aromatic heterocycles. The summed E-state index contributed by atoms with van der Waals surface area (Å²) < 4.78 is 0. The van der Waals surface area contributed by atoms with Gasteiger partial charge in [0.1, 0.15) is 0 Å². The van der Waals surface area contributed by atoms with Gasteiger partial charge in [0.05, 0.1) is 0 Å². The number of allylic oxidation sites excluding steroid dienone is 4. The fourth-order valence-electron chi connectivity index (χ4n) is 1.57. The second kappa shape index (κ2) is 3.84. The molecule has 0 spiro atoms. The molecule has 0 radical (unpaired) electrons. The van der Waals surface area contributed by atoms with E-state index in [0.717, 1.165) is 0 Å². The second-order valence-corrected chi connectivity index (χ2v) is 3.34. The molecule has 11 heavy (non-hydrogen) atoms. The third-order valence-electron chi connectivity index (χ3n) is 3.04. The van der Waals surface area contributed by atoms with Crippen LogP contribution in [0.1, 0.15) is 34.6 Å². The molecule has 0 bridgehead atoms.